The predicted molar refractivity (Wildman–Crippen MR) is 90.6 cm³/mol. The summed E-state index contributed by atoms with van der Waals surface area (Å²) in [6.45, 7) is 9.08. The number of amides is 1. The van der Waals surface area contributed by atoms with E-state index in [-0.39, 0.29) is 11.9 Å². The molecule has 0 unspecified atom stereocenters. The van der Waals surface area contributed by atoms with E-state index in [0.29, 0.717) is 6.54 Å². The van der Waals surface area contributed by atoms with Crippen LogP contribution in [0.25, 0.3) is 0 Å². The summed E-state index contributed by atoms with van der Waals surface area (Å²) in [6.07, 6.45) is 3.28. The van der Waals surface area contributed by atoms with Crippen LogP contribution in [0.1, 0.15) is 44.2 Å². The average Bonchev–Trinajstić information content (AvgIpc) is 2.59. The number of nitrogens with zero attached hydrogens (tertiary/aromatic N) is 1. The second-order valence-electron chi connectivity index (χ2n) is 6.00. The van der Waals surface area contributed by atoms with Gasteiger partial charge in [-0.25, -0.2) is 0 Å². The SMILES string of the molecule is CCN(CC)Cc1ccc(CNC(=O)[C@@H]2CCCCN2)cc1. The van der Waals surface area contributed by atoms with Crippen LogP contribution in [0.4, 0.5) is 0 Å². The van der Waals surface area contributed by atoms with Gasteiger partial charge in [-0.3, -0.25) is 9.69 Å². The van der Waals surface area contributed by atoms with Crippen LogP contribution < -0.4 is 10.6 Å². The zero-order chi connectivity index (χ0) is 15.8. The minimum Gasteiger partial charge on any atom is -0.351 e. The average molecular weight is 303 g/mol. The van der Waals surface area contributed by atoms with Gasteiger partial charge < -0.3 is 10.6 Å². The van der Waals surface area contributed by atoms with E-state index in [1.165, 1.54) is 12.0 Å². The predicted octanol–water partition coefficient (Wildman–Crippen LogP) is 2.29. The Bertz CT molecular complexity index is 448. The molecule has 1 saturated heterocycles. The fourth-order valence-corrected chi connectivity index (χ4v) is 2.86. The molecule has 1 aromatic rings. The van der Waals surface area contributed by atoms with Crippen LogP contribution in [0.3, 0.4) is 0 Å². The second kappa shape index (κ2) is 8.91. The molecule has 122 valence electrons. The highest BCUT2D eigenvalue weighted by molar-refractivity contribution is 5.81. The summed E-state index contributed by atoms with van der Waals surface area (Å²) < 4.78 is 0. The molecule has 1 amide bonds. The Hall–Kier alpha value is -1.39. The highest BCUT2D eigenvalue weighted by atomic mass is 16.2. The van der Waals surface area contributed by atoms with E-state index in [4.69, 9.17) is 0 Å². The van der Waals surface area contributed by atoms with Gasteiger partial charge in [0.05, 0.1) is 6.04 Å². The lowest BCUT2D eigenvalue weighted by atomic mass is 10.0. The molecule has 0 aromatic heterocycles. The van der Waals surface area contributed by atoms with Gasteiger partial charge >= 0.3 is 0 Å². The molecular weight excluding hydrogens is 274 g/mol. The molecule has 1 aliphatic heterocycles. The van der Waals surface area contributed by atoms with Crippen LogP contribution in [0.15, 0.2) is 24.3 Å². The maximum atomic E-state index is 12.1. The Morgan fingerprint density at radius 3 is 2.45 bits per heavy atom. The van der Waals surface area contributed by atoms with Gasteiger partial charge in [-0.05, 0) is 43.6 Å². The number of carbonyl (C=O) groups is 1. The molecule has 1 atom stereocenters. The molecule has 0 spiro atoms. The van der Waals surface area contributed by atoms with E-state index in [2.05, 4.69) is 53.6 Å². The number of nitrogens with one attached hydrogen (secondary N) is 2. The van der Waals surface area contributed by atoms with Gasteiger partial charge in [0, 0.05) is 13.1 Å². The van der Waals surface area contributed by atoms with Crippen molar-refractivity contribution in [3.63, 3.8) is 0 Å². The Balaban J connectivity index is 1.79. The maximum absolute atomic E-state index is 12.1. The van der Waals surface area contributed by atoms with Crippen LogP contribution in [0.5, 0.6) is 0 Å². The van der Waals surface area contributed by atoms with Crippen molar-refractivity contribution in [1.29, 1.82) is 0 Å². The molecule has 1 aromatic carbocycles. The van der Waals surface area contributed by atoms with Gasteiger partial charge in [-0.2, -0.15) is 0 Å². The highest BCUT2D eigenvalue weighted by Crippen LogP contribution is 2.09. The number of piperidine rings is 1. The van der Waals surface area contributed by atoms with Crippen molar-refractivity contribution in [2.24, 2.45) is 0 Å². The molecule has 0 radical (unpaired) electrons. The van der Waals surface area contributed by atoms with Crippen molar-refractivity contribution in [1.82, 2.24) is 15.5 Å². The summed E-state index contributed by atoms with van der Waals surface area (Å²) in [4.78, 5) is 14.5. The number of rotatable bonds is 7. The van der Waals surface area contributed by atoms with E-state index in [0.717, 1.165) is 44.6 Å². The van der Waals surface area contributed by atoms with E-state index in [9.17, 15) is 4.79 Å². The summed E-state index contributed by atoms with van der Waals surface area (Å²) in [5, 5.41) is 6.32. The Morgan fingerprint density at radius 2 is 1.86 bits per heavy atom. The van der Waals surface area contributed by atoms with Crippen molar-refractivity contribution in [3.8, 4) is 0 Å². The molecule has 1 aliphatic rings. The van der Waals surface area contributed by atoms with Crippen molar-refractivity contribution in [3.05, 3.63) is 35.4 Å². The molecule has 1 heterocycles. The quantitative estimate of drug-likeness (QED) is 0.812. The first kappa shape index (κ1) is 17.0. The first-order valence-electron chi connectivity index (χ1n) is 8.54. The fraction of sp³-hybridized carbons (Fsp3) is 0.611. The number of benzene rings is 1. The molecule has 0 saturated carbocycles. The molecule has 2 rings (SSSR count). The molecule has 0 aliphatic carbocycles. The summed E-state index contributed by atoms with van der Waals surface area (Å²) in [7, 11) is 0. The Morgan fingerprint density at radius 1 is 1.18 bits per heavy atom. The van der Waals surface area contributed by atoms with Gasteiger partial charge in [0.1, 0.15) is 0 Å². The first-order chi connectivity index (χ1) is 10.7. The standard InChI is InChI=1S/C18H29N3O/c1-3-21(4-2)14-16-10-8-15(9-11-16)13-20-18(22)17-7-5-6-12-19-17/h8-11,17,19H,3-7,12-14H2,1-2H3,(H,20,22)/t17-/m0/s1. The summed E-state index contributed by atoms with van der Waals surface area (Å²) >= 11 is 0. The summed E-state index contributed by atoms with van der Waals surface area (Å²) in [5.41, 5.74) is 2.49. The van der Waals surface area contributed by atoms with Crippen molar-refractivity contribution in [2.45, 2.75) is 52.2 Å². The number of hydrogen-bond acceptors (Lipinski definition) is 3. The normalized spacial score (nSPS) is 18.4. The lowest BCUT2D eigenvalue weighted by Gasteiger charge is -2.22. The van der Waals surface area contributed by atoms with E-state index in [1.54, 1.807) is 0 Å². The van der Waals surface area contributed by atoms with Crippen molar-refractivity contribution in [2.75, 3.05) is 19.6 Å². The zero-order valence-corrected chi connectivity index (χ0v) is 13.9. The van der Waals surface area contributed by atoms with E-state index in [1.807, 2.05) is 0 Å². The largest absolute Gasteiger partial charge is 0.351 e. The monoisotopic (exact) mass is 303 g/mol. The van der Waals surface area contributed by atoms with Gasteiger partial charge in [0.15, 0.2) is 0 Å². The summed E-state index contributed by atoms with van der Waals surface area (Å²) in [6, 6.07) is 8.56. The summed E-state index contributed by atoms with van der Waals surface area (Å²) in [5.74, 6) is 0.131. The van der Waals surface area contributed by atoms with Gasteiger partial charge in [0.25, 0.3) is 0 Å². The van der Waals surface area contributed by atoms with Crippen LogP contribution >= 0.6 is 0 Å². The van der Waals surface area contributed by atoms with Crippen molar-refractivity contribution >= 4 is 5.91 Å². The molecule has 2 N–H and O–H groups in total. The van der Waals surface area contributed by atoms with Crippen LogP contribution in [0, 0.1) is 0 Å². The number of carbonyl (C=O) groups excluding carboxylic acids is 1. The minimum atomic E-state index is -0.00399. The van der Waals surface area contributed by atoms with Crippen LogP contribution in [0.2, 0.25) is 0 Å². The van der Waals surface area contributed by atoms with Crippen LogP contribution in [-0.2, 0) is 17.9 Å². The lowest BCUT2D eigenvalue weighted by molar-refractivity contribution is -0.123. The minimum absolute atomic E-state index is 0.00399. The Labute approximate surface area is 134 Å². The number of hydrogen-bond donors (Lipinski definition) is 2. The molecule has 22 heavy (non-hydrogen) atoms. The molecule has 0 bridgehead atoms. The molecule has 4 heteroatoms. The van der Waals surface area contributed by atoms with Gasteiger partial charge in [-0.15, -0.1) is 0 Å². The lowest BCUT2D eigenvalue weighted by Crippen LogP contribution is -2.46. The van der Waals surface area contributed by atoms with Gasteiger partial charge in [0.2, 0.25) is 5.91 Å². The van der Waals surface area contributed by atoms with E-state index >= 15 is 0 Å². The maximum Gasteiger partial charge on any atom is 0.237 e. The molecular formula is C18H29N3O. The molecule has 4 nitrogen and oxygen atoms in total. The smallest absolute Gasteiger partial charge is 0.237 e. The molecule has 1 fully saturated rings. The van der Waals surface area contributed by atoms with E-state index < -0.39 is 0 Å². The third kappa shape index (κ3) is 5.11. The van der Waals surface area contributed by atoms with Gasteiger partial charge in [-0.1, -0.05) is 44.5 Å². The van der Waals surface area contributed by atoms with Crippen molar-refractivity contribution < 1.29 is 4.79 Å². The van der Waals surface area contributed by atoms with Crippen LogP contribution in [-0.4, -0.2) is 36.5 Å². The third-order valence-electron chi connectivity index (χ3n) is 4.42. The fourth-order valence-electron chi connectivity index (χ4n) is 2.86. The highest BCUT2D eigenvalue weighted by Gasteiger charge is 2.19. The zero-order valence-electron chi connectivity index (χ0n) is 13.9. The Kier molecular flexibility index (Phi) is 6.87. The third-order valence-corrected chi connectivity index (χ3v) is 4.42. The second-order valence-corrected chi connectivity index (χ2v) is 6.00. The first-order valence-corrected chi connectivity index (χ1v) is 8.54. The topological polar surface area (TPSA) is 44.4 Å².